The molecule has 0 aliphatic rings. The van der Waals surface area contributed by atoms with Crippen LogP contribution in [0.15, 0.2) is 91.3 Å². The number of aromatic nitrogens is 2. The zero-order chi connectivity index (χ0) is 110. The van der Waals surface area contributed by atoms with E-state index in [4.69, 9.17) is 28.3 Å². The number of amides is 17. The summed E-state index contributed by atoms with van der Waals surface area (Å²) in [5, 5.41) is 128. The summed E-state index contributed by atoms with van der Waals surface area (Å²) >= 11 is 0. The summed E-state index contributed by atoms with van der Waals surface area (Å²) in [7, 11) is 0. The number of carbonyl (C=O) groups excluding carboxylic acids is 17. The Bertz CT molecular complexity index is 5520. The Labute approximate surface area is 846 Å². The molecule has 0 aliphatic heterocycles. The number of H-pyrrole nitrogens is 2. The number of aliphatic hydroxyl groups is 2. The van der Waals surface area contributed by atoms with Crippen molar-refractivity contribution >= 4 is 164 Å². The van der Waals surface area contributed by atoms with E-state index in [0.29, 0.717) is 51.3 Å². The topological polar surface area (TPSA) is 918 Å². The van der Waals surface area contributed by atoms with Crippen molar-refractivity contribution < 1.29 is 151 Å². The zero-order valence-corrected chi connectivity index (χ0v) is 81.8. The number of carbonyl (C=O) groups is 23. The van der Waals surface area contributed by atoms with Gasteiger partial charge in [0.15, 0.2) is 5.96 Å². The summed E-state index contributed by atoms with van der Waals surface area (Å²) in [4.78, 5) is 318. The van der Waals surface area contributed by atoms with Crippen LogP contribution in [0.25, 0.3) is 21.8 Å². The van der Waals surface area contributed by atoms with Crippen LogP contribution in [-0.4, -0.2) is 323 Å². The van der Waals surface area contributed by atoms with Crippen LogP contribution in [0.2, 0.25) is 0 Å². The average Bonchev–Trinajstić information content (AvgIpc) is 1.71. The third kappa shape index (κ3) is 42.5. The molecule has 17 amide bonds. The SMILES string of the molecule is CC[C@H](C)[C@H](NC(=O)[C@H](Cc1c[nH]c2ccccc12)NC(=O)[C@H](CCCNC(=N)N)NC(=O)[C@H](CC(=O)O)NC(=O)[C@@H](NC(=O)[C@H](Cc1c[nH]c2ccccc12)NC(=O)CNC(=O)[C@H](CC(=O)O)NC(=O)CNC(=O)[C@H](CC(=O)O)NC(=O)[C@H](CC(C)C)NC(=O)[C@H](Cc1ccccc1)NC(=O)[C@H](CCC(N)=O)NC(=O)[C@H](CCC(=O)O)NC(=O)[C@@H](N)CCCCN)[C@@H](C)O)C(=O)N[C@@H](CCC(=O)O)C(=O)N[C@@H](CO)C(=O)O. The van der Waals surface area contributed by atoms with Gasteiger partial charge in [-0.15, -0.1) is 0 Å². The largest absolute Gasteiger partial charge is 0.481 e. The van der Waals surface area contributed by atoms with Gasteiger partial charge in [0.2, 0.25) is 100 Å². The minimum atomic E-state index is -2.23. The molecule has 17 atom stereocenters. The van der Waals surface area contributed by atoms with E-state index in [0.717, 1.165) is 6.92 Å². The summed E-state index contributed by atoms with van der Waals surface area (Å²) in [5.41, 5.74) is 24.7. The highest BCUT2D eigenvalue weighted by Gasteiger charge is 2.41. The van der Waals surface area contributed by atoms with Crippen molar-refractivity contribution in [2.75, 3.05) is 32.8 Å². The molecule has 0 aliphatic carbocycles. The Kier molecular flexibility index (Phi) is 50.9. The molecule has 0 saturated carbocycles. The van der Waals surface area contributed by atoms with E-state index in [1.165, 1.54) is 19.3 Å². The van der Waals surface area contributed by atoms with Crippen LogP contribution >= 0.6 is 0 Å². The predicted octanol–water partition coefficient (Wildman–Crippen LogP) is -7.61. The molecule has 2 aromatic heterocycles. The van der Waals surface area contributed by atoms with Gasteiger partial charge in [0.1, 0.15) is 84.6 Å². The summed E-state index contributed by atoms with van der Waals surface area (Å²) in [6.45, 7) is 3.99. The molecule has 3 aromatic carbocycles. The maximum Gasteiger partial charge on any atom is 0.328 e. The van der Waals surface area contributed by atoms with E-state index in [2.05, 4.69) is 89.7 Å². The molecule has 0 spiro atoms. The molecule has 0 fully saturated rings. The molecule has 810 valence electrons. The van der Waals surface area contributed by atoms with E-state index in [1.807, 2.05) is 10.6 Å². The average molecular weight is 2080 g/mol. The fourth-order valence-electron chi connectivity index (χ4n) is 15.0. The molecule has 148 heavy (non-hydrogen) atoms. The monoisotopic (exact) mass is 2080 g/mol. The number of carboxylic acids is 6. The number of aliphatic hydroxyl groups excluding tert-OH is 2. The summed E-state index contributed by atoms with van der Waals surface area (Å²) in [6, 6.07) is -6.04. The number of hydrogen-bond donors (Lipinski definition) is 32. The fourth-order valence-corrected chi connectivity index (χ4v) is 15.0. The molecular weight excluding hydrogens is 1950 g/mol. The number of primary amides is 1. The lowest BCUT2D eigenvalue weighted by molar-refractivity contribution is -0.144. The third-order valence-corrected chi connectivity index (χ3v) is 23.1. The minimum Gasteiger partial charge on any atom is -0.481 e. The number of aromatic amines is 2. The van der Waals surface area contributed by atoms with Gasteiger partial charge in [0.05, 0.1) is 51.1 Å². The summed E-state index contributed by atoms with van der Waals surface area (Å²) in [6.07, 6.45) is -7.21. The van der Waals surface area contributed by atoms with Crippen molar-refractivity contribution in [3.05, 3.63) is 108 Å². The van der Waals surface area contributed by atoms with Crippen LogP contribution in [0.3, 0.4) is 0 Å². The van der Waals surface area contributed by atoms with E-state index in [1.54, 1.807) is 99.6 Å². The van der Waals surface area contributed by atoms with Gasteiger partial charge in [0.25, 0.3) is 0 Å². The number of aliphatic carboxylic acids is 6. The van der Waals surface area contributed by atoms with Gasteiger partial charge >= 0.3 is 35.8 Å². The van der Waals surface area contributed by atoms with E-state index < -0.39 is 348 Å². The van der Waals surface area contributed by atoms with Crippen molar-refractivity contribution in [2.24, 2.45) is 34.8 Å². The number of nitrogens with one attached hydrogen (secondary N) is 20. The molecule has 5 rings (SSSR count). The highest BCUT2D eigenvalue weighted by Crippen LogP contribution is 2.23. The van der Waals surface area contributed by atoms with Crippen LogP contribution in [0.5, 0.6) is 0 Å². The second-order valence-electron chi connectivity index (χ2n) is 35.4. The zero-order valence-electron chi connectivity index (χ0n) is 81.8. The number of hydrogen-bond acceptors (Lipinski definition) is 28. The Morgan fingerprint density at radius 3 is 1.18 bits per heavy atom. The van der Waals surface area contributed by atoms with Gasteiger partial charge in [-0.3, -0.25) is 111 Å². The maximum absolute atomic E-state index is 14.9. The first-order valence-corrected chi connectivity index (χ1v) is 47.3. The number of guanidine groups is 1. The van der Waals surface area contributed by atoms with Crippen molar-refractivity contribution in [1.29, 1.82) is 5.41 Å². The van der Waals surface area contributed by atoms with Crippen molar-refractivity contribution in [1.82, 2.24) is 100 Å². The standard InChI is InChI=1S/C93H132N24O31/c1-6-46(4)76(90(145)109-59(27-30-72(125)126)84(139)115-67(44-118)92(147)148)116-89(144)63(36-50-41-101-55-23-13-11-20-52(50)55)112-81(136)56(24-16-32-99-93(97)98)107-87(142)66(39-75(131)132)114-91(146)77(47(5)119)117-88(143)62(35-49-40-100-54-22-12-10-19-51(49)54)104-69(121)42-102-79(134)64(37-73(127)128)105-70(122)43-103-80(135)65(38-74(129)130)113-85(140)60(33-45(2)3)110-86(141)61(34-48-17-8-7-9-18-48)111-83(138)57(25-28-68(96)120)108-82(137)58(26-29-71(123)124)106-78(133)53(95)21-14-15-31-94/h7-13,17-20,22-23,40-41,45-47,53,56-67,76-77,100-101,118-119H,6,14-16,21,24-39,42-44,94-95H2,1-5H3,(H2,96,120)(H,102,134)(H,103,135)(H,104,121)(H,105,122)(H,106,133)(H,107,142)(H,108,137)(H,109,145)(H,110,141)(H,111,138)(H,112,136)(H,113,140)(H,114,146)(H,115,139)(H,116,144)(H,117,143)(H,123,124)(H,125,126)(H,127,128)(H,129,130)(H,131,132)(H,147,148)(H4,97,98,99)/t46-,47+,53-,56-,57-,58-,59-,60-,61-,62-,63-,64-,65-,66-,67-,76-,77-/m0/s1. The van der Waals surface area contributed by atoms with Gasteiger partial charge in [-0.2, -0.15) is 0 Å². The molecule has 55 heteroatoms. The van der Waals surface area contributed by atoms with E-state index in [9.17, 15) is 151 Å². The Hall–Kier alpha value is -16.3. The Balaban J connectivity index is 1.36. The van der Waals surface area contributed by atoms with Gasteiger partial charge < -0.3 is 164 Å². The smallest absolute Gasteiger partial charge is 0.328 e. The number of nitrogens with two attached hydrogens (primary N) is 4. The molecule has 0 unspecified atom stereocenters. The van der Waals surface area contributed by atoms with E-state index in [-0.39, 0.29) is 45.2 Å². The van der Waals surface area contributed by atoms with Crippen LogP contribution in [0.1, 0.15) is 154 Å². The number of benzene rings is 3. The molecule has 55 nitrogen and oxygen atoms in total. The van der Waals surface area contributed by atoms with Crippen LogP contribution < -0.4 is 113 Å². The number of para-hydroxylation sites is 2. The first-order valence-electron chi connectivity index (χ1n) is 47.3. The van der Waals surface area contributed by atoms with Gasteiger partial charge in [0, 0.05) is 79.3 Å². The van der Waals surface area contributed by atoms with Gasteiger partial charge in [-0.1, -0.05) is 107 Å². The molecule has 36 N–H and O–H groups in total. The lowest BCUT2D eigenvalue weighted by atomic mass is 9.96. The molecule has 0 saturated heterocycles. The Morgan fingerprint density at radius 2 is 0.736 bits per heavy atom. The molecule has 0 bridgehead atoms. The molecule has 5 aromatic rings. The third-order valence-electron chi connectivity index (χ3n) is 23.1. The first-order chi connectivity index (χ1) is 69.9. The lowest BCUT2D eigenvalue weighted by Gasteiger charge is -2.29. The molecular formula is C93H132N24O31. The first kappa shape index (κ1) is 122. The second-order valence-corrected chi connectivity index (χ2v) is 35.4. The van der Waals surface area contributed by atoms with Gasteiger partial charge in [-0.05, 0) is 105 Å². The fraction of sp³-hybridized carbons (Fsp3) is 0.505. The quantitative estimate of drug-likeness (QED) is 0.00977. The maximum atomic E-state index is 14.9. The van der Waals surface area contributed by atoms with Crippen molar-refractivity contribution in [3.63, 3.8) is 0 Å². The highest BCUT2D eigenvalue weighted by atomic mass is 16.4. The lowest BCUT2D eigenvalue weighted by Crippen LogP contribution is -2.62. The van der Waals surface area contributed by atoms with Crippen molar-refractivity contribution in [2.45, 2.75) is 253 Å². The van der Waals surface area contributed by atoms with Crippen LogP contribution in [-0.2, 0) is 130 Å². The second kappa shape index (κ2) is 61.7. The Morgan fingerprint density at radius 1 is 0.372 bits per heavy atom. The molecule has 2 heterocycles. The number of rotatable bonds is 68. The summed E-state index contributed by atoms with van der Waals surface area (Å²) in [5.74, 6) is -32.0. The number of unbranched alkanes of at least 4 members (excludes halogenated alkanes) is 1. The van der Waals surface area contributed by atoms with Gasteiger partial charge in [-0.25, -0.2) is 4.79 Å². The number of carboxylic acid groups (broad SMARTS) is 6. The van der Waals surface area contributed by atoms with Crippen LogP contribution in [0.4, 0.5) is 0 Å². The highest BCUT2D eigenvalue weighted by molar-refractivity contribution is 6.03. The van der Waals surface area contributed by atoms with E-state index >= 15 is 0 Å². The predicted molar refractivity (Wildman–Crippen MR) is 521 cm³/mol. The number of fused-ring (bicyclic) bond motifs is 2. The van der Waals surface area contributed by atoms with Crippen LogP contribution in [0, 0.1) is 17.2 Å². The minimum absolute atomic E-state index is 0.130. The summed E-state index contributed by atoms with van der Waals surface area (Å²) < 4.78 is 0. The van der Waals surface area contributed by atoms with Crippen molar-refractivity contribution in [3.8, 4) is 0 Å². The molecule has 0 radical (unpaired) electrons. The normalized spacial score (nSPS) is 14.6.